The third-order valence-corrected chi connectivity index (χ3v) is 4.51. The highest BCUT2D eigenvalue weighted by Crippen LogP contribution is 2.14. The number of ether oxygens (including phenoxy) is 1. The lowest BCUT2D eigenvalue weighted by Crippen LogP contribution is -2.34. The van der Waals surface area contributed by atoms with E-state index in [9.17, 15) is 5.11 Å². The largest absolute Gasteiger partial charge is 0.467 e. The molecule has 1 heterocycles. The van der Waals surface area contributed by atoms with Crippen LogP contribution >= 0.6 is 0 Å². The number of aryl methyl sites for hydroxylation is 1. The number of furan rings is 1. The molecule has 0 spiro atoms. The number of benzene rings is 2. The minimum Gasteiger partial charge on any atom is -0.467 e. The van der Waals surface area contributed by atoms with E-state index in [0.29, 0.717) is 13.2 Å². The third kappa shape index (κ3) is 6.36. The first-order valence-corrected chi connectivity index (χ1v) is 9.29. The van der Waals surface area contributed by atoms with E-state index in [4.69, 9.17) is 9.15 Å². The summed E-state index contributed by atoms with van der Waals surface area (Å²) in [4.78, 5) is 2.26. The minimum absolute atomic E-state index is 0.278. The Morgan fingerprint density at radius 1 is 0.963 bits per heavy atom. The van der Waals surface area contributed by atoms with Gasteiger partial charge >= 0.3 is 0 Å². The zero-order chi connectivity index (χ0) is 18.9. The van der Waals surface area contributed by atoms with Crippen LogP contribution in [0.15, 0.2) is 77.4 Å². The van der Waals surface area contributed by atoms with Crippen LogP contribution in [0.4, 0.5) is 0 Å². The van der Waals surface area contributed by atoms with Crippen molar-refractivity contribution in [2.45, 2.75) is 32.7 Å². The van der Waals surface area contributed by atoms with E-state index >= 15 is 0 Å². The molecule has 3 rings (SSSR count). The quantitative estimate of drug-likeness (QED) is 0.586. The molecule has 1 N–H and O–H groups in total. The van der Waals surface area contributed by atoms with Crippen LogP contribution < -0.4 is 0 Å². The lowest BCUT2D eigenvalue weighted by Gasteiger charge is -2.26. The molecule has 1 atom stereocenters. The van der Waals surface area contributed by atoms with Gasteiger partial charge in [-0.25, -0.2) is 0 Å². The standard InChI is InChI=1S/C23H27NO3/c1-19-8-5-6-11-21(19)15-24(14-20-9-3-2-4-10-20)16-22(25)17-26-18-23-12-7-13-27-23/h2-13,22,25H,14-18H2,1H3/t22-/m0/s1. The van der Waals surface area contributed by atoms with Crippen LogP contribution in [0.5, 0.6) is 0 Å². The van der Waals surface area contributed by atoms with Crippen LogP contribution in [0.25, 0.3) is 0 Å². The Bertz CT molecular complexity index is 786. The number of nitrogens with zero attached hydrogens (tertiary/aromatic N) is 1. The van der Waals surface area contributed by atoms with Crippen molar-refractivity contribution in [2.24, 2.45) is 0 Å². The van der Waals surface area contributed by atoms with Crippen molar-refractivity contribution in [3.63, 3.8) is 0 Å². The van der Waals surface area contributed by atoms with Crippen molar-refractivity contribution >= 4 is 0 Å². The predicted octanol–water partition coefficient (Wildman–Crippen LogP) is 4.17. The van der Waals surface area contributed by atoms with E-state index in [1.165, 1.54) is 16.7 Å². The molecule has 4 heteroatoms. The molecule has 4 nitrogen and oxygen atoms in total. The molecule has 3 aromatic rings. The number of aliphatic hydroxyl groups excluding tert-OH is 1. The molecule has 27 heavy (non-hydrogen) atoms. The van der Waals surface area contributed by atoms with Crippen molar-refractivity contribution in [3.8, 4) is 0 Å². The maximum Gasteiger partial charge on any atom is 0.129 e. The summed E-state index contributed by atoms with van der Waals surface area (Å²) in [5.41, 5.74) is 3.77. The molecule has 0 aliphatic rings. The molecule has 0 saturated heterocycles. The van der Waals surface area contributed by atoms with Crippen molar-refractivity contribution in [3.05, 3.63) is 95.4 Å². The molecule has 0 fully saturated rings. The van der Waals surface area contributed by atoms with Crippen molar-refractivity contribution in [1.29, 1.82) is 0 Å². The fourth-order valence-corrected chi connectivity index (χ4v) is 3.10. The first-order valence-electron chi connectivity index (χ1n) is 9.29. The van der Waals surface area contributed by atoms with Crippen LogP contribution in [0.2, 0.25) is 0 Å². The maximum absolute atomic E-state index is 10.5. The molecular weight excluding hydrogens is 338 g/mol. The van der Waals surface area contributed by atoms with Gasteiger partial charge in [0.15, 0.2) is 0 Å². The van der Waals surface area contributed by atoms with E-state index in [1.54, 1.807) is 6.26 Å². The van der Waals surface area contributed by atoms with Gasteiger partial charge in [0, 0.05) is 19.6 Å². The fraction of sp³-hybridized carbons (Fsp3) is 0.304. The fourth-order valence-electron chi connectivity index (χ4n) is 3.10. The van der Waals surface area contributed by atoms with E-state index in [-0.39, 0.29) is 6.61 Å². The normalized spacial score (nSPS) is 12.4. The van der Waals surface area contributed by atoms with Gasteiger partial charge in [-0.3, -0.25) is 4.90 Å². The number of aliphatic hydroxyl groups is 1. The van der Waals surface area contributed by atoms with Gasteiger partial charge < -0.3 is 14.3 Å². The summed E-state index contributed by atoms with van der Waals surface area (Å²) in [7, 11) is 0. The minimum atomic E-state index is -0.562. The van der Waals surface area contributed by atoms with E-state index < -0.39 is 6.10 Å². The monoisotopic (exact) mass is 365 g/mol. The lowest BCUT2D eigenvalue weighted by atomic mass is 10.1. The number of hydrogen-bond donors (Lipinski definition) is 1. The van der Waals surface area contributed by atoms with Crippen molar-refractivity contribution in [1.82, 2.24) is 4.90 Å². The van der Waals surface area contributed by atoms with E-state index in [1.807, 2.05) is 30.3 Å². The zero-order valence-electron chi connectivity index (χ0n) is 15.8. The highest BCUT2D eigenvalue weighted by molar-refractivity contribution is 5.25. The average molecular weight is 365 g/mol. The van der Waals surface area contributed by atoms with Gasteiger partial charge in [0.25, 0.3) is 0 Å². The molecule has 0 radical (unpaired) electrons. The predicted molar refractivity (Wildman–Crippen MR) is 106 cm³/mol. The zero-order valence-corrected chi connectivity index (χ0v) is 15.8. The van der Waals surface area contributed by atoms with Gasteiger partial charge in [-0.05, 0) is 35.7 Å². The van der Waals surface area contributed by atoms with Crippen LogP contribution in [-0.4, -0.2) is 29.3 Å². The van der Waals surface area contributed by atoms with Crippen LogP contribution in [0, 0.1) is 6.92 Å². The lowest BCUT2D eigenvalue weighted by molar-refractivity contribution is 0.00250. The van der Waals surface area contributed by atoms with Crippen molar-refractivity contribution < 1.29 is 14.3 Å². The molecular formula is C23H27NO3. The molecule has 0 aliphatic carbocycles. The first kappa shape index (κ1) is 19.4. The highest BCUT2D eigenvalue weighted by Gasteiger charge is 2.14. The average Bonchev–Trinajstić information content (AvgIpc) is 3.18. The summed E-state index contributed by atoms with van der Waals surface area (Å²) in [5, 5.41) is 10.5. The van der Waals surface area contributed by atoms with Gasteiger partial charge in [0.2, 0.25) is 0 Å². The third-order valence-electron chi connectivity index (χ3n) is 4.51. The Hall–Kier alpha value is -2.40. The Morgan fingerprint density at radius 3 is 2.48 bits per heavy atom. The SMILES string of the molecule is Cc1ccccc1CN(Cc1ccccc1)C[C@H](O)COCc1ccco1. The summed E-state index contributed by atoms with van der Waals surface area (Å²) in [6.45, 7) is 4.89. The molecule has 0 saturated carbocycles. The van der Waals surface area contributed by atoms with Gasteiger partial charge in [-0.2, -0.15) is 0 Å². The summed E-state index contributed by atoms with van der Waals surface area (Å²) >= 11 is 0. The number of hydrogen-bond acceptors (Lipinski definition) is 4. The summed E-state index contributed by atoms with van der Waals surface area (Å²) < 4.78 is 10.8. The summed E-state index contributed by atoms with van der Waals surface area (Å²) in [6.07, 6.45) is 1.06. The van der Waals surface area contributed by atoms with Gasteiger partial charge in [-0.15, -0.1) is 0 Å². The Morgan fingerprint density at radius 2 is 1.74 bits per heavy atom. The Balaban J connectivity index is 1.59. The molecule has 0 amide bonds. The summed E-state index contributed by atoms with van der Waals surface area (Å²) in [5.74, 6) is 0.767. The number of rotatable bonds is 10. The second-order valence-corrected chi connectivity index (χ2v) is 6.83. The Labute approximate surface area is 161 Å². The van der Waals surface area contributed by atoms with Gasteiger partial charge in [-0.1, -0.05) is 54.6 Å². The maximum atomic E-state index is 10.5. The summed E-state index contributed by atoms with van der Waals surface area (Å²) in [6, 6.07) is 22.4. The molecule has 2 aromatic carbocycles. The van der Waals surface area contributed by atoms with E-state index in [0.717, 1.165) is 18.8 Å². The van der Waals surface area contributed by atoms with Gasteiger partial charge in [0.1, 0.15) is 12.4 Å². The molecule has 142 valence electrons. The molecule has 0 aliphatic heterocycles. The van der Waals surface area contributed by atoms with Crippen LogP contribution in [0.3, 0.4) is 0 Å². The van der Waals surface area contributed by atoms with E-state index in [2.05, 4.69) is 48.2 Å². The topological polar surface area (TPSA) is 45.8 Å². The first-order chi connectivity index (χ1) is 13.2. The second-order valence-electron chi connectivity index (χ2n) is 6.83. The highest BCUT2D eigenvalue weighted by atomic mass is 16.5. The molecule has 0 bridgehead atoms. The smallest absolute Gasteiger partial charge is 0.129 e. The second kappa shape index (κ2) is 10.1. The Kier molecular flexibility index (Phi) is 7.22. The van der Waals surface area contributed by atoms with Crippen LogP contribution in [-0.2, 0) is 24.4 Å². The van der Waals surface area contributed by atoms with Crippen LogP contribution in [0.1, 0.15) is 22.5 Å². The molecule has 0 unspecified atom stereocenters. The molecule has 1 aromatic heterocycles. The van der Waals surface area contributed by atoms with Gasteiger partial charge in [0.05, 0.1) is 19.0 Å². The van der Waals surface area contributed by atoms with Crippen molar-refractivity contribution in [2.75, 3.05) is 13.2 Å².